The van der Waals surface area contributed by atoms with Crippen molar-refractivity contribution in [3.05, 3.63) is 101 Å². The van der Waals surface area contributed by atoms with E-state index in [4.69, 9.17) is 4.74 Å². The van der Waals surface area contributed by atoms with Gasteiger partial charge in [-0.25, -0.2) is 9.18 Å². The molecule has 2 bridgehead atoms. The van der Waals surface area contributed by atoms with Gasteiger partial charge in [-0.3, -0.25) is 4.90 Å². The van der Waals surface area contributed by atoms with E-state index in [1.165, 1.54) is 28.3 Å². The first-order valence-electron chi connectivity index (χ1n) is 11.7. The highest BCUT2D eigenvalue weighted by Crippen LogP contribution is 2.45. The van der Waals surface area contributed by atoms with Crippen molar-refractivity contribution in [2.24, 2.45) is 0 Å². The summed E-state index contributed by atoms with van der Waals surface area (Å²) in [4.78, 5) is 15.1. The Balaban J connectivity index is 1.22. The minimum atomic E-state index is -0.259. The summed E-state index contributed by atoms with van der Waals surface area (Å²) < 4.78 is 20.5. The molecule has 3 aromatic carbocycles. The summed E-state index contributed by atoms with van der Waals surface area (Å²) in [5, 5.41) is 0. The zero-order valence-corrected chi connectivity index (χ0v) is 18.6. The molecule has 1 fully saturated rings. The zero-order valence-electron chi connectivity index (χ0n) is 18.6. The predicted molar refractivity (Wildman–Crippen MR) is 127 cm³/mol. The van der Waals surface area contributed by atoms with Crippen LogP contribution < -0.4 is 0 Å². The Kier molecular flexibility index (Phi) is 4.83. The number of nitrogens with zero attached hydrogens (tertiary/aromatic N) is 1. The van der Waals surface area contributed by atoms with Crippen molar-refractivity contribution in [1.29, 1.82) is 0 Å². The van der Waals surface area contributed by atoms with Gasteiger partial charge in [0.25, 0.3) is 0 Å². The standard InChI is InChI=1S/C29H26FNO2/c1-18-7-6-12-27(30)28(18)19-15-20-13-14-21(16-19)31(20)29(32)33-17-26-24-10-4-2-8-22(24)23-9-3-5-11-25(23)26/h2-12,15,20-21,26H,13-14,16-17H2,1H3. The number of halogens is 1. The van der Waals surface area contributed by atoms with Gasteiger partial charge in [-0.05, 0) is 65.6 Å². The van der Waals surface area contributed by atoms with Crippen LogP contribution in [0.4, 0.5) is 9.18 Å². The van der Waals surface area contributed by atoms with Crippen molar-refractivity contribution in [3.8, 4) is 11.1 Å². The summed E-state index contributed by atoms with van der Waals surface area (Å²) in [6, 6.07) is 22.0. The van der Waals surface area contributed by atoms with E-state index in [2.05, 4.69) is 42.5 Å². The van der Waals surface area contributed by atoms with Crippen LogP contribution in [-0.4, -0.2) is 29.7 Å². The maximum absolute atomic E-state index is 14.6. The highest BCUT2D eigenvalue weighted by molar-refractivity contribution is 5.79. The maximum atomic E-state index is 14.6. The van der Waals surface area contributed by atoms with E-state index in [9.17, 15) is 9.18 Å². The van der Waals surface area contributed by atoms with E-state index in [0.717, 1.165) is 24.0 Å². The van der Waals surface area contributed by atoms with Crippen LogP contribution in [-0.2, 0) is 4.74 Å². The van der Waals surface area contributed by atoms with Gasteiger partial charge >= 0.3 is 6.09 Å². The molecule has 2 atom stereocenters. The minimum absolute atomic E-state index is 0.0339. The first kappa shape index (κ1) is 20.2. The average molecular weight is 440 g/mol. The Morgan fingerprint density at radius 3 is 2.33 bits per heavy atom. The third-order valence-corrected chi connectivity index (χ3v) is 7.49. The van der Waals surface area contributed by atoms with Gasteiger partial charge in [-0.15, -0.1) is 0 Å². The van der Waals surface area contributed by atoms with Crippen molar-refractivity contribution in [2.45, 2.75) is 44.2 Å². The zero-order chi connectivity index (χ0) is 22.5. The van der Waals surface area contributed by atoms with Crippen molar-refractivity contribution in [3.63, 3.8) is 0 Å². The summed E-state index contributed by atoms with van der Waals surface area (Å²) >= 11 is 0. The lowest BCUT2D eigenvalue weighted by molar-refractivity contribution is 0.0866. The second-order valence-electron chi connectivity index (χ2n) is 9.34. The number of carbonyl (C=O) groups excluding carboxylic acids is 1. The highest BCUT2D eigenvalue weighted by atomic mass is 19.1. The van der Waals surface area contributed by atoms with E-state index < -0.39 is 0 Å². The van der Waals surface area contributed by atoms with Crippen molar-refractivity contribution >= 4 is 11.7 Å². The van der Waals surface area contributed by atoms with E-state index in [1.54, 1.807) is 6.07 Å². The normalized spacial score (nSPS) is 20.9. The Bertz CT molecular complexity index is 1210. The molecule has 1 amide bonds. The molecule has 3 nitrogen and oxygen atoms in total. The van der Waals surface area contributed by atoms with Crippen LogP contribution in [0.25, 0.3) is 16.7 Å². The van der Waals surface area contributed by atoms with Crippen LogP contribution in [0.2, 0.25) is 0 Å². The molecule has 33 heavy (non-hydrogen) atoms. The van der Waals surface area contributed by atoms with Crippen LogP contribution in [0.15, 0.2) is 72.8 Å². The molecule has 2 unspecified atom stereocenters. The lowest BCUT2D eigenvalue weighted by Gasteiger charge is -2.34. The van der Waals surface area contributed by atoms with Gasteiger partial charge in [0.1, 0.15) is 12.4 Å². The molecule has 1 saturated heterocycles. The first-order valence-corrected chi connectivity index (χ1v) is 11.7. The Hall–Kier alpha value is -3.40. The SMILES string of the molecule is Cc1cccc(F)c1C1=CC2CCC(C1)N2C(=O)OCC1c2ccccc2-c2ccccc21. The lowest BCUT2D eigenvalue weighted by atomic mass is 9.91. The number of hydrogen-bond acceptors (Lipinski definition) is 2. The fraction of sp³-hybridized carbons (Fsp3) is 0.276. The summed E-state index contributed by atoms with van der Waals surface area (Å²) in [6.45, 7) is 2.27. The monoisotopic (exact) mass is 439 g/mol. The maximum Gasteiger partial charge on any atom is 0.410 e. The number of amides is 1. The molecule has 0 radical (unpaired) electrons. The predicted octanol–water partition coefficient (Wildman–Crippen LogP) is 6.70. The molecular formula is C29H26FNO2. The smallest absolute Gasteiger partial charge is 0.410 e. The molecule has 3 aromatic rings. The average Bonchev–Trinajstić information content (AvgIpc) is 3.28. The fourth-order valence-electron chi connectivity index (χ4n) is 6.01. The van der Waals surface area contributed by atoms with Gasteiger partial charge in [0, 0.05) is 17.5 Å². The van der Waals surface area contributed by atoms with Gasteiger partial charge in [0.2, 0.25) is 0 Å². The summed E-state index contributed by atoms with van der Waals surface area (Å²) in [6.07, 6.45) is 4.30. The molecule has 1 aliphatic carbocycles. The van der Waals surface area contributed by atoms with Crippen molar-refractivity contribution < 1.29 is 13.9 Å². The number of carbonyl (C=O) groups is 1. The Labute approximate surface area is 193 Å². The summed E-state index contributed by atoms with van der Waals surface area (Å²) in [5.74, 6) is -0.133. The number of rotatable bonds is 3. The quantitative estimate of drug-likeness (QED) is 0.454. The summed E-state index contributed by atoms with van der Waals surface area (Å²) in [7, 11) is 0. The Morgan fingerprint density at radius 1 is 0.970 bits per heavy atom. The number of benzene rings is 3. The van der Waals surface area contributed by atoms with E-state index in [-0.39, 0.29) is 29.9 Å². The number of aryl methyl sites for hydroxylation is 1. The van der Waals surface area contributed by atoms with Crippen molar-refractivity contribution in [2.75, 3.05) is 6.61 Å². The number of hydrogen-bond donors (Lipinski definition) is 0. The molecule has 4 heteroatoms. The first-order chi connectivity index (χ1) is 16.1. The molecule has 6 rings (SSSR count). The lowest BCUT2D eigenvalue weighted by Crippen LogP contribution is -2.43. The largest absolute Gasteiger partial charge is 0.448 e. The molecule has 3 aliphatic rings. The third-order valence-electron chi connectivity index (χ3n) is 7.49. The Morgan fingerprint density at radius 2 is 1.67 bits per heavy atom. The molecule has 0 N–H and O–H groups in total. The minimum Gasteiger partial charge on any atom is -0.448 e. The van der Waals surface area contributed by atoms with Gasteiger partial charge in [-0.1, -0.05) is 66.7 Å². The second-order valence-corrected chi connectivity index (χ2v) is 9.34. The van der Waals surface area contributed by atoms with E-state index in [0.29, 0.717) is 18.6 Å². The van der Waals surface area contributed by atoms with Crippen LogP contribution in [0.1, 0.15) is 47.4 Å². The van der Waals surface area contributed by atoms with Crippen molar-refractivity contribution in [1.82, 2.24) is 4.90 Å². The van der Waals surface area contributed by atoms with E-state index >= 15 is 0 Å². The topological polar surface area (TPSA) is 29.5 Å². The van der Waals surface area contributed by atoms with E-state index in [1.807, 2.05) is 30.0 Å². The van der Waals surface area contributed by atoms with Gasteiger partial charge in [0.15, 0.2) is 0 Å². The molecule has 2 aliphatic heterocycles. The van der Waals surface area contributed by atoms with Crippen LogP contribution in [0.3, 0.4) is 0 Å². The number of fused-ring (bicyclic) bond motifs is 5. The van der Waals surface area contributed by atoms with Crippen LogP contribution >= 0.6 is 0 Å². The van der Waals surface area contributed by atoms with Crippen LogP contribution in [0, 0.1) is 12.7 Å². The fourth-order valence-corrected chi connectivity index (χ4v) is 6.01. The van der Waals surface area contributed by atoms with Gasteiger partial charge in [0.05, 0.1) is 6.04 Å². The highest BCUT2D eigenvalue weighted by Gasteiger charge is 2.41. The molecular weight excluding hydrogens is 413 g/mol. The number of ether oxygens (including phenoxy) is 1. The molecule has 0 spiro atoms. The molecule has 166 valence electrons. The molecule has 0 aromatic heterocycles. The van der Waals surface area contributed by atoms with Gasteiger partial charge < -0.3 is 4.74 Å². The second kappa shape index (κ2) is 7.87. The molecule has 0 saturated carbocycles. The summed E-state index contributed by atoms with van der Waals surface area (Å²) in [5.41, 5.74) is 7.52. The van der Waals surface area contributed by atoms with Gasteiger partial charge in [-0.2, -0.15) is 0 Å². The third kappa shape index (κ3) is 3.28. The molecule has 2 heterocycles. The van der Waals surface area contributed by atoms with Crippen LogP contribution in [0.5, 0.6) is 0 Å².